The minimum atomic E-state index is -0.186. The zero-order valence-corrected chi connectivity index (χ0v) is 15.2. The van der Waals surface area contributed by atoms with Crippen molar-refractivity contribution in [3.8, 4) is 0 Å². The molecule has 2 heterocycles. The third-order valence-electron chi connectivity index (χ3n) is 5.59. The first-order chi connectivity index (χ1) is 12.6. The molecular formula is C20H26FN5. The van der Waals surface area contributed by atoms with E-state index in [9.17, 15) is 4.39 Å². The van der Waals surface area contributed by atoms with Crippen molar-refractivity contribution >= 4 is 5.57 Å². The van der Waals surface area contributed by atoms with E-state index >= 15 is 0 Å². The summed E-state index contributed by atoms with van der Waals surface area (Å²) in [5.41, 5.74) is 8.34. The van der Waals surface area contributed by atoms with Crippen LogP contribution in [0.3, 0.4) is 0 Å². The standard InChI is InChI=1S/C20H26FN5/c1-2-26-19(23-24-20(26)16-11-18(22)12-16)13-25-9-7-15(8-10-25)14-3-5-17(21)6-4-14/h3-7,16,18H,2,8-13,22H2,1H3. The molecule has 1 fully saturated rings. The summed E-state index contributed by atoms with van der Waals surface area (Å²) in [5, 5.41) is 8.92. The van der Waals surface area contributed by atoms with E-state index in [-0.39, 0.29) is 5.82 Å². The van der Waals surface area contributed by atoms with Gasteiger partial charge in [-0.3, -0.25) is 4.90 Å². The molecule has 0 spiro atoms. The molecule has 1 aliphatic carbocycles. The van der Waals surface area contributed by atoms with Crippen molar-refractivity contribution < 1.29 is 4.39 Å². The molecule has 0 saturated heterocycles. The Bertz CT molecular complexity index is 789. The Morgan fingerprint density at radius 1 is 1.19 bits per heavy atom. The lowest BCUT2D eigenvalue weighted by Gasteiger charge is -2.32. The van der Waals surface area contributed by atoms with Gasteiger partial charge >= 0.3 is 0 Å². The van der Waals surface area contributed by atoms with Crippen molar-refractivity contribution in [1.82, 2.24) is 19.7 Å². The Hall–Kier alpha value is -2.05. The number of nitrogens with two attached hydrogens (primary N) is 1. The minimum Gasteiger partial charge on any atom is -0.328 e. The SMILES string of the molecule is CCn1c(CN2CC=C(c3ccc(F)cc3)CC2)nnc1C1CC(N)C1. The molecule has 4 rings (SSSR count). The van der Waals surface area contributed by atoms with Crippen LogP contribution in [0, 0.1) is 5.82 Å². The molecule has 1 saturated carbocycles. The summed E-state index contributed by atoms with van der Waals surface area (Å²) in [4.78, 5) is 2.39. The van der Waals surface area contributed by atoms with Gasteiger partial charge in [0.2, 0.25) is 0 Å². The van der Waals surface area contributed by atoms with Gasteiger partial charge in [-0.25, -0.2) is 4.39 Å². The Labute approximate surface area is 153 Å². The van der Waals surface area contributed by atoms with Crippen molar-refractivity contribution in [1.29, 1.82) is 0 Å². The topological polar surface area (TPSA) is 60.0 Å². The number of nitrogens with zero attached hydrogens (tertiary/aromatic N) is 4. The summed E-state index contributed by atoms with van der Waals surface area (Å²) in [7, 11) is 0. The Morgan fingerprint density at radius 2 is 1.96 bits per heavy atom. The molecule has 1 aliphatic heterocycles. The second-order valence-corrected chi connectivity index (χ2v) is 7.37. The van der Waals surface area contributed by atoms with Crippen LogP contribution in [-0.2, 0) is 13.1 Å². The number of rotatable bonds is 5. The smallest absolute Gasteiger partial charge is 0.147 e. The summed E-state index contributed by atoms with van der Waals surface area (Å²) in [6.07, 6.45) is 5.25. The summed E-state index contributed by atoms with van der Waals surface area (Å²) < 4.78 is 15.3. The fourth-order valence-corrected chi connectivity index (χ4v) is 3.97. The first-order valence-electron chi connectivity index (χ1n) is 9.49. The minimum absolute atomic E-state index is 0.186. The van der Waals surface area contributed by atoms with Crippen LogP contribution in [0.1, 0.15) is 49.3 Å². The van der Waals surface area contributed by atoms with Crippen molar-refractivity contribution in [2.45, 2.75) is 51.2 Å². The van der Waals surface area contributed by atoms with Crippen LogP contribution in [0.25, 0.3) is 5.57 Å². The van der Waals surface area contributed by atoms with E-state index in [0.29, 0.717) is 12.0 Å². The first kappa shape index (κ1) is 17.4. The van der Waals surface area contributed by atoms with E-state index in [1.165, 1.54) is 17.7 Å². The third kappa shape index (κ3) is 3.44. The van der Waals surface area contributed by atoms with Crippen LogP contribution in [0.4, 0.5) is 4.39 Å². The number of aromatic nitrogens is 3. The summed E-state index contributed by atoms with van der Waals surface area (Å²) in [6.45, 7) is 5.72. The van der Waals surface area contributed by atoms with Crippen LogP contribution in [0.2, 0.25) is 0 Å². The van der Waals surface area contributed by atoms with Gasteiger partial charge in [-0.15, -0.1) is 10.2 Å². The number of hydrogen-bond donors (Lipinski definition) is 1. The Morgan fingerprint density at radius 3 is 2.58 bits per heavy atom. The van der Waals surface area contributed by atoms with Crippen molar-refractivity contribution in [2.75, 3.05) is 13.1 Å². The van der Waals surface area contributed by atoms with E-state index in [2.05, 4.69) is 32.7 Å². The highest BCUT2D eigenvalue weighted by Crippen LogP contribution is 2.35. The zero-order valence-electron chi connectivity index (χ0n) is 15.2. The van der Waals surface area contributed by atoms with Crippen LogP contribution in [0.15, 0.2) is 30.3 Å². The second-order valence-electron chi connectivity index (χ2n) is 7.37. The highest BCUT2D eigenvalue weighted by molar-refractivity contribution is 5.66. The van der Waals surface area contributed by atoms with Crippen molar-refractivity contribution in [3.63, 3.8) is 0 Å². The van der Waals surface area contributed by atoms with Gasteiger partial charge in [0.1, 0.15) is 17.5 Å². The highest BCUT2D eigenvalue weighted by Gasteiger charge is 2.32. The van der Waals surface area contributed by atoms with Gasteiger partial charge in [0.25, 0.3) is 0 Å². The quantitative estimate of drug-likeness (QED) is 0.896. The first-order valence-corrected chi connectivity index (χ1v) is 9.49. The fourth-order valence-electron chi connectivity index (χ4n) is 3.97. The molecule has 0 atom stereocenters. The molecule has 138 valence electrons. The lowest BCUT2D eigenvalue weighted by Crippen LogP contribution is -2.36. The van der Waals surface area contributed by atoms with E-state index < -0.39 is 0 Å². The van der Waals surface area contributed by atoms with E-state index in [1.807, 2.05) is 12.1 Å². The molecule has 6 heteroatoms. The molecule has 5 nitrogen and oxygen atoms in total. The summed E-state index contributed by atoms with van der Waals surface area (Å²) in [5.74, 6) is 2.43. The van der Waals surface area contributed by atoms with Crippen LogP contribution < -0.4 is 5.73 Å². The average Bonchev–Trinajstić information content (AvgIpc) is 3.02. The number of benzene rings is 1. The van der Waals surface area contributed by atoms with Crippen LogP contribution in [-0.4, -0.2) is 38.8 Å². The van der Waals surface area contributed by atoms with Gasteiger partial charge in [0, 0.05) is 31.6 Å². The Kier molecular flexibility index (Phi) is 4.87. The summed E-state index contributed by atoms with van der Waals surface area (Å²) >= 11 is 0. The van der Waals surface area contributed by atoms with Crippen molar-refractivity contribution in [2.24, 2.45) is 5.73 Å². The van der Waals surface area contributed by atoms with Gasteiger partial charge in [-0.2, -0.15) is 0 Å². The molecule has 26 heavy (non-hydrogen) atoms. The molecule has 2 aliphatic rings. The van der Waals surface area contributed by atoms with Gasteiger partial charge in [0.15, 0.2) is 0 Å². The van der Waals surface area contributed by atoms with Gasteiger partial charge in [-0.05, 0) is 49.5 Å². The largest absolute Gasteiger partial charge is 0.328 e. The molecule has 0 radical (unpaired) electrons. The molecular weight excluding hydrogens is 329 g/mol. The maximum absolute atomic E-state index is 13.1. The molecule has 1 aromatic heterocycles. The van der Waals surface area contributed by atoms with E-state index in [1.54, 1.807) is 0 Å². The molecule has 0 unspecified atom stereocenters. The van der Waals surface area contributed by atoms with Crippen LogP contribution in [0.5, 0.6) is 0 Å². The molecule has 0 bridgehead atoms. The fraction of sp³-hybridized carbons (Fsp3) is 0.500. The maximum atomic E-state index is 13.1. The molecule has 1 aromatic carbocycles. The normalized spacial score (nSPS) is 23.6. The summed E-state index contributed by atoms with van der Waals surface area (Å²) in [6, 6.07) is 7.10. The highest BCUT2D eigenvalue weighted by atomic mass is 19.1. The third-order valence-corrected chi connectivity index (χ3v) is 5.59. The van der Waals surface area contributed by atoms with Crippen LogP contribution >= 0.6 is 0 Å². The number of halogens is 1. The second kappa shape index (κ2) is 7.29. The van der Waals surface area contributed by atoms with Gasteiger partial charge in [0.05, 0.1) is 6.54 Å². The maximum Gasteiger partial charge on any atom is 0.147 e. The lowest BCUT2D eigenvalue weighted by molar-refractivity contribution is 0.279. The average molecular weight is 355 g/mol. The number of hydrogen-bond acceptors (Lipinski definition) is 4. The molecule has 2 N–H and O–H groups in total. The lowest BCUT2D eigenvalue weighted by atomic mass is 9.80. The predicted molar refractivity (Wildman–Crippen MR) is 99.9 cm³/mol. The predicted octanol–water partition coefficient (Wildman–Crippen LogP) is 2.93. The monoisotopic (exact) mass is 355 g/mol. The van der Waals surface area contributed by atoms with E-state index in [4.69, 9.17) is 5.73 Å². The van der Waals surface area contributed by atoms with Gasteiger partial charge < -0.3 is 10.3 Å². The van der Waals surface area contributed by atoms with Gasteiger partial charge in [-0.1, -0.05) is 18.2 Å². The molecule has 2 aromatic rings. The zero-order chi connectivity index (χ0) is 18.1. The molecule has 0 amide bonds. The van der Waals surface area contributed by atoms with E-state index in [0.717, 1.165) is 62.7 Å². The Balaban J connectivity index is 1.42. The van der Waals surface area contributed by atoms with Crippen molar-refractivity contribution in [3.05, 3.63) is 53.4 Å².